The van der Waals surface area contributed by atoms with E-state index in [0.717, 1.165) is 0 Å². The topological polar surface area (TPSA) is 73.2 Å². The Balaban J connectivity index is 2.49. The summed E-state index contributed by atoms with van der Waals surface area (Å²) in [6.07, 6.45) is 2.68. The average molecular weight is 253 g/mol. The van der Waals surface area contributed by atoms with Gasteiger partial charge < -0.3 is 14.6 Å². The number of hydrogen-bond acceptors (Lipinski definition) is 4. The number of ether oxygens (including phenoxy) is 1. The second-order valence-corrected chi connectivity index (χ2v) is 4.82. The van der Waals surface area contributed by atoms with Crippen LogP contribution in [0, 0.1) is 0 Å². The summed E-state index contributed by atoms with van der Waals surface area (Å²) in [5.41, 5.74) is -0.574. The minimum atomic E-state index is -0.606. The monoisotopic (exact) mass is 253 g/mol. The van der Waals surface area contributed by atoms with Gasteiger partial charge in [0.2, 0.25) is 5.78 Å². The number of aromatic nitrogens is 2. The molecule has 18 heavy (non-hydrogen) atoms. The van der Waals surface area contributed by atoms with Crippen molar-refractivity contribution in [3.05, 3.63) is 18.2 Å². The van der Waals surface area contributed by atoms with Crippen LogP contribution in [0.1, 0.15) is 38.3 Å². The number of ketones is 1. The first kappa shape index (κ1) is 14.2. The molecule has 6 nitrogen and oxygen atoms in total. The van der Waals surface area contributed by atoms with Crippen LogP contribution in [0.4, 0.5) is 4.79 Å². The summed E-state index contributed by atoms with van der Waals surface area (Å²) in [5, 5.41) is 2.41. The Hall–Kier alpha value is -1.85. The summed E-state index contributed by atoms with van der Waals surface area (Å²) < 4.78 is 6.75. The number of alkyl carbamates (subject to hydrolysis) is 1. The van der Waals surface area contributed by atoms with E-state index in [9.17, 15) is 9.59 Å². The van der Waals surface area contributed by atoms with Gasteiger partial charge in [-0.25, -0.2) is 9.78 Å². The number of amides is 1. The standard InChI is InChI=1S/C12H19N3O3/c1-5-15-7-6-13-10(15)9(16)8-14-11(17)18-12(2,3)4/h6-7H,5,8H2,1-4H3,(H,14,17). The van der Waals surface area contributed by atoms with Gasteiger partial charge in [-0.2, -0.15) is 0 Å². The molecule has 0 aromatic carbocycles. The molecule has 0 atom stereocenters. The predicted octanol–water partition coefficient (Wildman–Crippen LogP) is 1.61. The molecule has 1 amide bonds. The molecule has 0 saturated carbocycles. The zero-order chi connectivity index (χ0) is 13.8. The molecule has 0 aliphatic rings. The number of imidazole rings is 1. The fraction of sp³-hybridized carbons (Fsp3) is 0.583. The normalized spacial score (nSPS) is 11.1. The summed E-state index contributed by atoms with van der Waals surface area (Å²) in [5.74, 6) is 0.0984. The molecular formula is C12H19N3O3. The highest BCUT2D eigenvalue weighted by Gasteiger charge is 2.18. The van der Waals surface area contributed by atoms with E-state index in [4.69, 9.17) is 4.74 Å². The maximum Gasteiger partial charge on any atom is 0.408 e. The van der Waals surface area contributed by atoms with Crippen molar-refractivity contribution in [3.63, 3.8) is 0 Å². The van der Waals surface area contributed by atoms with Crippen LogP contribution in [0.3, 0.4) is 0 Å². The molecule has 0 aliphatic carbocycles. The van der Waals surface area contributed by atoms with Crippen molar-refractivity contribution in [2.24, 2.45) is 0 Å². The fourth-order valence-corrected chi connectivity index (χ4v) is 1.36. The molecule has 1 aromatic rings. The number of rotatable bonds is 4. The van der Waals surface area contributed by atoms with Gasteiger partial charge in [-0.05, 0) is 27.7 Å². The quantitative estimate of drug-likeness (QED) is 0.827. The average Bonchev–Trinajstić information content (AvgIpc) is 2.71. The highest BCUT2D eigenvalue weighted by Crippen LogP contribution is 2.06. The van der Waals surface area contributed by atoms with E-state index in [-0.39, 0.29) is 12.3 Å². The largest absolute Gasteiger partial charge is 0.444 e. The summed E-state index contributed by atoms with van der Waals surface area (Å²) in [6.45, 7) is 7.74. The van der Waals surface area contributed by atoms with Crippen molar-refractivity contribution in [1.82, 2.24) is 14.9 Å². The van der Waals surface area contributed by atoms with E-state index in [1.807, 2.05) is 6.92 Å². The Morgan fingerprint density at radius 3 is 2.67 bits per heavy atom. The van der Waals surface area contributed by atoms with Crippen LogP contribution < -0.4 is 5.32 Å². The van der Waals surface area contributed by atoms with Crippen molar-refractivity contribution in [3.8, 4) is 0 Å². The fourth-order valence-electron chi connectivity index (χ4n) is 1.36. The Kier molecular flexibility index (Phi) is 4.47. The van der Waals surface area contributed by atoms with Gasteiger partial charge in [-0.1, -0.05) is 0 Å². The number of carbonyl (C=O) groups excluding carboxylic acids is 2. The van der Waals surface area contributed by atoms with Gasteiger partial charge in [0, 0.05) is 18.9 Å². The Bertz CT molecular complexity index is 432. The molecule has 100 valence electrons. The number of aryl methyl sites for hydroxylation is 1. The molecule has 1 N–H and O–H groups in total. The molecule has 6 heteroatoms. The molecule has 0 fully saturated rings. The smallest absolute Gasteiger partial charge is 0.408 e. The summed E-state index contributed by atoms with van der Waals surface area (Å²) in [6, 6.07) is 0. The van der Waals surface area contributed by atoms with Crippen LogP contribution in [0.25, 0.3) is 0 Å². The van der Waals surface area contributed by atoms with Crippen molar-refractivity contribution >= 4 is 11.9 Å². The first-order valence-electron chi connectivity index (χ1n) is 5.84. The first-order chi connectivity index (χ1) is 8.33. The third kappa shape index (κ3) is 4.20. The van der Waals surface area contributed by atoms with E-state index in [1.54, 1.807) is 37.7 Å². The number of carbonyl (C=O) groups is 2. The SMILES string of the molecule is CCn1ccnc1C(=O)CNC(=O)OC(C)(C)C. The minimum absolute atomic E-state index is 0.119. The molecule has 0 aliphatic heterocycles. The zero-order valence-electron chi connectivity index (χ0n) is 11.2. The van der Waals surface area contributed by atoms with Crippen LogP contribution in [0.15, 0.2) is 12.4 Å². The third-order valence-electron chi connectivity index (χ3n) is 2.10. The number of nitrogens with zero attached hydrogens (tertiary/aromatic N) is 2. The van der Waals surface area contributed by atoms with Crippen molar-refractivity contribution < 1.29 is 14.3 Å². The van der Waals surface area contributed by atoms with Crippen LogP contribution >= 0.6 is 0 Å². The summed E-state index contributed by atoms with van der Waals surface area (Å²) >= 11 is 0. The molecule has 0 saturated heterocycles. The van der Waals surface area contributed by atoms with Crippen LogP contribution in [0.2, 0.25) is 0 Å². The number of Topliss-reactive ketones (excluding diaryl/α,β-unsaturated/α-hetero) is 1. The van der Waals surface area contributed by atoms with Crippen molar-refractivity contribution in [1.29, 1.82) is 0 Å². The second kappa shape index (κ2) is 5.66. The van der Waals surface area contributed by atoms with Gasteiger partial charge in [-0.3, -0.25) is 4.79 Å². The lowest BCUT2D eigenvalue weighted by molar-refractivity contribution is 0.0519. The van der Waals surface area contributed by atoms with E-state index in [2.05, 4.69) is 10.3 Å². The maximum absolute atomic E-state index is 11.8. The van der Waals surface area contributed by atoms with Crippen molar-refractivity contribution in [2.75, 3.05) is 6.54 Å². The molecule has 0 radical (unpaired) electrons. The van der Waals surface area contributed by atoms with E-state index in [0.29, 0.717) is 12.4 Å². The lowest BCUT2D eigenvalue weighted by atomic mass is 10.2. The second-order valence-electron chi connectivity index (χ2n) is 4.82. The third-order valence-corrected chi connectivity index (χ3v) is 2.10. The molecule has 1 aromatic heterocycles. The molecule has 1 rings (SSSR count). The Morgan fingerprint density at radius 2 is 2.11 bits per heavy atom. The lowest BCUT2D eigenvalue weighted by Crippen LogP contribution is -2.36. The highest BCUT2D eigenvalue weighted by molar-refractivity contribution is 5.96. The highest BCUT2D eigenvalue weighted by atomic mass is 16.6. The van der Waals surface area contributed by atoms with Crippen molar-refractivity contribution in [2.45, 2.75) is 39.8 Å². The van der Waals surface area contributed by atoms with Crippen LogP contribution in [0.5, 0.6) is 0 Å². The summed E-state index contributed by atoms with van der Waals surface area (Å²) in [4.78, 5) is 27.1. The first-order valence-corrected chi connectivity index (χ1v) is 5.84. The maximum atomic E-state index is 11.8. The number of hydrogen-bond donors (Lipinski definition) is 1. The lowest BCUT2D eigenvalue weighted by Gasteiger charge is -2.19. The predicted molar refractivity (Wildman–Crippen MR) is 66.5 cm³/mol. The Labute approximate surface area is 106 Å². The molecule has 0 bridgehead atoms. The van der Waals surface area contributed by atoms with Gasteiger partial charge in [0.05, 0.1) is 6.54 Å². The molecule has 0 spiro atoms. The van der Waals surface area contributed by atoms with E-state index in [1.165, 1.54) is 0 Å². The van der Waals surface area contributed by atoms with E-state index >= 15 is 0 Å². The Morgan fingerprint density at radius 1 is 1.44 bits per heavy atom. The van der Waals surface area contributed by atoms with Crippen LogP contribution in [-0.2, 0) is 11.3 Å². The zero-order valence-corrected chi connectivity index (χ0v) is 11.2. The number of nitrogens with one attached hydrogen (secondary N) is 1. The van der Waals surface area contributed by atoms with Gasteiger partial charge in [-0.15, -0.1) is 0 Å². The molecule has 1 heterocycles. The molecular weight excluding hydrogens is 234 g/mol. The van der Waals surface area contributed by atoms with Gasteiger partial charge in [0.15, 0.2) is 5.82 Å². The van der Waals surface area contributed by atoms with Gasteiger partial charge >= 0.3 is 6.09 Å². The molecule has 0 unspecified atom stereocenters. The van der Waals surface area contributed by atoms with Gasteiger partial charge in [0.25, 0.3) is 0 Å². The van der Waals surface area contributed by atoms with E-state index < -0.39 is 11.7 Å². The summed E-state index contributed by atoms with van der Waals surface area (Å²) in [7, 11) is 0. The van der Waals surface area contributed by atoms with Crippen LogP contribution in [-0.4, -0.2) is 33.6 Å². The van der Waals surface area contributed by atoms with Gasteiger partial charge in [0.1, 0.15) is 5.60 Å². The minimum Gasteiger partial charge on any atom is -0.444 e.